The predicted molar refractivity (Wildman–Crippen MR) is 59.1 cm³/mol. The lowest BCUT2D eigenvalue weighted by atomic mass is 10.2. The van der Waals surface area contributed by atoms with Gasteiger partial charge in [0, 0.05) is 19.7 Å². The van der Waals surface area contributed by atoms with Crippen LogP contribution in [0.5, 0.6) is 5.75 Å². The van der Waals surface area contributed by atoms with Crippen LogP contribution in [0, 0.1) is 0 Å². The molecule has 0 aliphatic carbocycles. The fourth-order valence-corrected chi connectivity index (χ4v) is 1.06. The fraction of sp³-hybridized carbons (Fsp3) is 0.273. The van der Waals surface area contributed by atoms with Crippen LogP contribution in [0.15, 0.2) is 24.3 Å². The Morgan fingerprint density at radius 1 is 1.38 bits per heavy atom. The van der Waals surface area contributed by atoms with E-state index in [9.17, 15) is 14.7 Å². The van der Waals surface area contributed by atoms with Crippen molar-refractivity contribution >= 4 is 11.8 Å². The molecule has 0 spiro atoms. The molecular weight excluding hydrogens is 208 g/mol. The van der Waals surface area contributed by atoms with Crippen LogP contribution in [-0.4, -0.2) is 42.5 Å². The van der Waals surface area contributed by atoms with Gasteiger partial charge in [0.2, 0.25) is 5.91 Å². The zero-order chi connectivity index (χ0) is 12.1. The number of likely N-dealkylation sites (N-methyl/N-ethyl adjacent to an activating group) is 1. The maximum Gasteiger partial charge on any atom is 0.251 e. The van der Waals surface area contributed by atoms with Crippen LogP contribution >= 0.6 is 0 Å². The van der Waals surface area contributed by atoms with Crippen LogP contribution < -0.4 is 5.32 Å². The first kappa shape index (κ1) is 12.0. The van der Waals surface area contributed by atoms with Crippen LogP contribution in [0.3, 0.4) is 0 Å². The molecule has 0 radical (unpaired) electrons. The summed E-state index contributed by atoms with van der Waals surface area (Å²) in [5.74, 6) is -0.550. The van der Waals surface area contributed by atoms with E-state index in [1.165, 1.54) is 17.0 Å². The number of rotatable bonds is 3. The van der Waals surface area contributed by atoms with Gasteiger partial charge in [-0.1, -0.05) is 6.07 Å². The molecule has 1 aromatic carbocycles. The Morgan fingerprint density at radius 3 is 2.62 bits per heavy atom. The number of benzene rings is 1. The van der Waals surface area contributed by atoms with E-state index < -0.39 is 0 Å². The van der Waals surface area contributed by atoms with Crippen molar-refractivity contribution in [3.05, 3.63) is 29.8 Å². The van der Waals surface area contributed by atoms with Gasteiger partial charge in [-0.15, -0.1) is 0 Å². The molecule has 0 saturated carbocycles. The zero-order valence-electron chi connectivity index (χ0n) is 9.23. The van der Waals surface area contributed by atoms with Crippen molar-refractivity contribution in [2.45, 2.75) is 0 Å². The van der Waals surface area contributed by atoms with Gasteiger partial charge in [-0.25, -0.2) is 0 Å². The van der Waals surface area contributed by atoms with E-state index in [1.807, 2.05) is 0 Å². The lowest BCUT2D eigenvalue weighted by Gasteiger charge is -2.10. The van der Waals surface area contributed by atoms with Crippen molar-refractivity contribution in [2.75, 3.05) is 20.6 Å². The van der Waals surface area contributed by atoms with Gasteiger partial charge in [-0.05, 0) is 18.2 Å². The van der Waals surface area contributed by atoms with E-state index in [0.29, 0.717) is 5.56 Å². The highest BCUT2D eigenvalue weighted by atomic mass is 16.3. The molecule has 2 N–H and O–H groups in total. The molecule has 1 aromatic rings. The van der Waals surface area contributed by atoms with Gasteiger partial charge in [0.15, 0.2) is 0 Å². The summed E-state index contributed by atoms with van der Waals surface area (Å²) in [5, 5.41) is 11.6. The van der Waals surface area contributed by atoms with Crippen molar-refractivity contribution in [2.24, 2.45) is 0 Å². The number of nitrogens with one attached hydrogen (secondary N) is 1. The Hall–Kier alpha value is -2.04. The first-order valence-electron chi connectivity index (χ1n) is 4.78. The van der Waals surface area contributed by atoms with Crippen molar-refractivity contribution in [3.8, 4) is 5.75 Å². The first-order chi connectivity index (χ1) is 7.50. The third-order valence-corrected chi connectivity index (χ3v) is 2.01. The number of phenols is 1. The maximum atomic E-state index is 11.5. The molecule has 0 fully saturated rings. The number of nitrogens with zero attached hydrogens (tertiary/aromatic N) is 1. The highest BCUT2D eigenvalue weighted by Crippen LogP contribution is 2.10. The number of hydrogen-bond donors (Lipinski definition) is 2. The van der Waals surface area contributed by atoms with Gasteiger partial charge < -0.3 is 15.3 Å². The van der Waals surface area contributed by atoms with Gasteiger partial charge in [0.25, 0.3) is 5.91 Å². The van der Waals surface area contributed by atoms with Gasteiger partial charge in [0.05, 0.1) is 6.54 Å². The molecule has 0 aromatic heterocycles. The number of aromatic hydroxyl groups is 1. The summed E-state index contributed by atoms with van der Waals surface area (Å²) in [5.41, 5.74) is 0.326. The summed E-state index contributed by atoms with van der Waals surface area (Å²) in [6, 6.07) is 5.95. The van der Waals surface area contributed by atoms with E-state index >= 15 is 0 Å². The van der Waals surface area contributed by atoms with E-state index in [0.717, 1.165) is 0 Å². The Balaban J connectivity index is 2.57. The average Bonchev–Trinajstić information content (AvgIpc) is 2.25. The summed E-state index contributed by atoms with van der Waals surface area (Å²) in [7, 11) is 3.23. The van der Waals surface area contributed by atoms with Crippen LogP contribution in [0.25, 0.3) is 0 Å². The monoisotopic (exact) mass is 222 g/mol. The fourth-order valence-electron chi connectivity index (χ4n) is 1.06. The lowest BCUT2D eigenvalue weighted by Crippen LogP contribution is -2.36. The van der Waals surface area contributed by atoms with Crippen LogP contribution in [0.1, 0.15) is 10.4 Å². The minimum atomic E-state index is -0.383. The number of amides is 2. The summed E-state index contributed by atoms with van der Waals surface area (Å²) in [6.07, 6.45) is 0. The summed E-state index contributed by atoms with van der Waals surface area (Å²) < 4.78 is 0. The molecule has 0 aliphatic heterocycles. The van der Waals surface area contributed by atoms with E-state index in [4.69, 9.17) is 0 Å². The van der Waals surface area contributed by atoms with E-state index in [1.54, 1.807) is 26.2 Å². The van der Waals surface area contributed by atoms with Crippen LogP contribution in [0.4, 0.5) is 0 Å². The Labute approximate surface area is 93.7 Å². The minimum absolute atomic E-state index is 0.0200. The quantitative estimate of drug-likeness (QED) is 0.768. The molecule has 86 valence electrons. The summed E-state index contributed by atoms with van der Waals surface area (Å²) >= 11 is 0. The van der Waals surface area contributed by atoms with Crippen molar-refractivity contribution in [1.29, 1.82) is 0 Å². The molecule has 0 atom stereocenters. The number of phenolic OH excluding ortho intramolecular Hbond substituents is 1. The Kier molecular flexibility index (Phi) is 3.88. The summed E-state index contributed by atoms with van der Waals surface area (Å²) in [6.45, 7) is -0.0541. The maximum absolute atomic E-state index is 11.5. The van der Waals surface area contributed by atoms with Crippen molar-refractivity contribution in [3.63, 3.8) is 0 Å². The second-order valence-corrected chi connectivity index (χ2v) is 3.52. The van der Waals surface area contributed by atoms with Gasteiger partial charge in [-0.3, -0.25) is 9.59 Å². The molecule has 0 aliphatic rings. The smallest absolute Gasteiger partial charge is 0.251 e. The third-order valence-electron chi connectivity index (χ3n) is 2.01. The molecular formula is C11H14N2O3. The van der Waals surface area contributed by atoms with Gasteiger partial charge in [0.1, 0.15) is 5.75 Å². The zero-order valence-corrected chi connectivity index (χ0v) is 9.23. The highest BCUT2D eigenvalue weighted by Gasteiger charge is 2.09. The van der Waals surface area contributed by atoms with E-state index in [2.05, 4.69) is 5.32 Å². The first-order valence-corrected chi connectivity index (χ1v) is 4.78. The molecule has 0 unspecified atom stereocenters. The van der Waals surface area contributed by atoms with Crippen LogP contribution in [0.2, 0.25) is 0 Å². The third kappa shape index (κ3) is 3.27. The average molecular weight is 222 g/mol. The molecule has 0 bridgehead atoms. The minimum Gasteiger partial charge on any atom is -0.508 e. The number of hydrogen-bond acceptors (Lipinski definition) is 3. The topological polar surface area (TPSA) is 69.6 Å². The van der Waals surface area contributed by atoms with Gasteiger partial charge >= 0.3 is 0 Å². The van der Waals surface area contributed by atoms with Crippen molar-refractivity contribution in [1.82, 2.24) is 10.2 Å². The standard InChI is InChI=1S/C11H14N2O3/c1-13(2)10(15)7-12-11(16)8-4-3-5-9(14)6-8/h3-6,14H,7H2,1-2H3,(H,12,16). The molecule has 1 rings (SSSR count). The normalized spacial score (nSPS) is 9.62. The predicted octanol–water partition coefficient (Wildman–Crippen LogP) is 0.210. The molecule has 0 heterocycles. The van der Waals surface area contributed by atoms with Gasteiger partial charge in [-0.2, -0.15) is 0 Å². The second kappa shape index (κ2) is 5.16. The highest BCUT2D eigenvalue weighted by molar-refractivity contribution is 5.96. The van der Waals surface area contributed by atoms with Crippen molar-refractivity contribution < 1.29 is 14.7 Å². The second-order valence-electron chi connectivity index (χ2n) is 3.52. The Morgan fingerprint density at radius 2 is 2.06 bits per heavy atom. The molecule has 16 heavy (non-hydrogen) atoms. The molecule has 0 saturated heterocycles. The largest absolute Gasteiger partial charge is 0.508 e. The lowest BCUT2D eigenvalue weighted by molar-refractivity contribution is -0.127. The molecule has 5 nitrogen and oxygen atoms in total. The number of carbonyl (C=O) groups excluding carboxylic acids is 2. The molecule has 2 amide bonds. The van der Waals surface area contributed by atoms with Crippen LogP contribution in [-0.2, 0) is 4.79 Å². The Bertz CT molecular complexity index is 402. The summed E-state index contributed by atoms with van der Waals surface area (Å²) in [4.78, 5) is 24.1. The molecule has 5 heteroatoms. The SMILES string of the molecule is CN(C)C(=O)CNC(=O)c1cccc(O)c1. The van der Waals surface area contributed by atoms with E-state index in [-0.39, 0.29) is 24.1 Å². The number of carbonyl (C=O) groups is 2.